The van der Waals surface area contributed by atoms with Gasteiger partial charge in [-0.3, -0.25) is 4.98 Å². The second kappa shape index (κ2) is 6.75. The van der Waals surface area contributed by atoms with Gasteiger partial charge in [0.2, 0.25) is 0 Å². The first-order chi connectivity index (χ1) is 14.9. The van der Waals surface area contributed by atoms with Crippen LogP contribution in [0.3, 0.4) is 0 Å². The Balaban J connectivity index is 1.58. The van der Waals surface area contributed by atoms with Crippen molar-refractivity contribution in [2.24, 2.45) is 0 Å². The van der Waals surface area contributed by atoms with E-state index in [1.165, 1.54) is 5.39 Å². The number of aromatic nitrogens is 1. The van der Waals surface area contributed by atoms with E-state index in [1.807, 2.05) is 42.6 Å². The van der Waals surface area contributed by atoms with Gasteiger partial charge in [0, 0.05) is 22.8 Å². The Kier molecular flexibility index (Phi) is 3.78. The largest absolute Gasteiger partial charge is 0.453 e. The Labute approximate surface area is 174 Å². The third-order valence-corrected chi connectivity index (χ3v) is 5.49. The van der Waals surface area contributed by atoms with Crippen LogP contribution in [0.5, 0.6) is 11.5 Å². The molecule has 1 aromatic heterocycles. The lowest BCUT2D eigenvalue weighted by molar-refractivity contribution is 0.477. The van der Waals surface area contributed by atoms with Crippen molar-refractivity contribution in [1.29, 1.82) is 0 Å². The van der Waals surface area contributed by atoms with Gasteiger partial charge in [-0.25, -0.2) is 0 Å². The third kappa shape index (κ3) is 2.64. The highest BCUT2D eigenvalue weighted by molar-refractivity contribution is 5.96. The highest BCUT2D eigenvalue weighted by Gasteiger charge is 2.26. The zero-order valence-corrected chi connectivity index (χ0v) is 16.2. The number of rotatable bonds is 2. The van der Waals surface area contributed by atoms with Crippen molar-refractivity contribution in [3.05, 3.63) is 109 Å². The maximum atomic E-state index is 6.25. The van der Waals surface area contributed by atoms with Crippen LogP contribution in [0.2, 0.25) is 0 Å². The molecule has 0 unspecified atom stereocenters. The van der Waals surface area contributed by atoms with Gasteiger partial charge in [-0.05, 0) is 53.9 Å². The first-order valence-electron chi connectivity index (χ1n) is 9.99. The van der Waals surface area contributed by atoms with E-state index in [0.717, 1.165) is 45.2 Å². The molecular formula is C27H18N2O. The molecular weight excluding hydrogens is 368 g/mol. The average molecular weight is 386 g/mol. The molecule has 0 saturated carbocycles. The smallest absolute Gasteiger partial charge is 0.151 e. The Bertz CT molecular complexity index is 1370. The van der Waals surface area contributed by atoms with E-state index < -0.39 is 0 Å². The molecule has 3 heteroatoms. The second-order valence-electron chi connectivity index (χ2n) is 7.30. The predicted octanol–water partition coefficient (Wildman–Crippen LogP) is 7.48. The first-order valence-corrected chi connectivity index (χ1v) is 9.99. The summed E-state index contributed by atoms with van der Waals surface area (Å²) in [5.41, 5.74) is 5.17. The van der Waals surface area contributed by atoms with Crippen LogP contribution in [0.4, 0.5) is 17.1 Å². The maximum Gasteiger partial charge on any atom is 0.151 e. The lowest BCUT2D eigenvalue weighted by Gasteiger charge is -2.33. The number of hydrogen-bond acceptors (Lipinski definition) is 3. The molecule has 0 aliphatic carbocycles. The monoisotopic (exact) mass is 386 g/mol. The van der Waals surface area contributed by atoms with E-state index in [0.29, 0.717) is 0 Å². The number of fused-ring (bicyclic) bond motifs is 3. The van der Waals surface area contributed by atoms with Crippen molar-refractivity contribution in [2.75, 3.05) is 4.90 Å². The molecule has 0 atom stereocenters. The summed E-state index contributed by atoms with van der Waals surface area (Å²) in [5, 5.41) is 2.32. The van der Waals surface area contributed by atoms with E-state index in [-0.39, 0.29) is 0 Å². The minimum absolute atomic E-state index is 0.835. The summed E-state index contributed by atoms with van der Waals surface area (Å²) in [4.78, 5) is 6.96. The van der Waals surface area contributed by atoms with E-state index >= 15 is 0 Å². The summed E-state index contributed by atoms with van der Waals surface area (Å²) in [6.07, 6.45) is 1.87. The van der Waals surface area contributed by atoms with Crippen molar-refractivity contribution in [3.63, 3.8) is 0 Å². The molecule has 1 aliphatic rings. The SMILES string of the molecule is c1ccc(N2c3ccccc3Oc3ccc(-c4nccc5ccccc45)cc32)cc1. The minimum atomic E-state index is 0.835. The minimum Gasteiger partial charge on any atom is -0.453 e. The van der Waals surface area contributed by atoms with Gasteiger partial charge in [-0.2, -0.15) is 0 Å². The molecule has 0 radical (unpaired) electrons. The van der Waals surface area contributed by atoms with E-state index in [9.17, 15) is 0 Å². The van der Waals surface area contributed by atoms with Gasteiger partial charge in [-0.1, -0.05) is 54.6 Å². The van der Waals surface area contributed by atoms with Crippen LogP contribution in [0.1, 0.15) is 0 Å². The molecule has 6 rings (SSSR count). The van der Waals surface area contributed by atoms with Gasteiger partial charge >= 0.3 is 0 Å². The van der Waals surface area contributed by atoms with Gasteiger partial charge in [0.1, 0.15) is 0 Å². The Morgan fingerprint density at radius 1 is 0.633 bits per heavy atom. The topological polar surface area (TPSA) is 25.4 Å². The molecule has 142 valence electrons. The zero-order chi connectivity index (χ0) is 19.9. The van der Waals surface area contributed by atoms with Gasteiger partial charge in [-0.15, -0.1) is 0 Å². The van der Waals surface area contributed by atoms with Gasteiger partial charge < -0.3 is 9.64 Å². The van der Waals surface area contributed by atoms with Crippen LogP contribution in [-0.2, 0) is 0 Å². The molecule has 0 fully saturated rings. The summed E-state index contributed by atoms with van der Waals surface area (Å²) in [5.74, 6) is 1.69. The fourth-order valence-corrected chi connectivity index (χ4v) is 4.11. The molecule has 5 aromatic rings. The van der Waals surface area contributed by atoms with Crippen molar-refractivity contribution >= 4 is 27.8 Å². The predicted molar refractivity (Wildman–Crippen MR) is 122 cm³/mol. The summed E-state index contributed by atoms with van der Waals surface area (Å²) in [7, 11) is 0. The lowest BCUT2D eigenvalue weighted by Crippen LogP contribution is -2.15. The average Bonchev–Trinajstić information content (AvgIpc) is 2.82. The molecule has 3 nitrogen and oxygen atoms in total. The Morgan fingerprint density at radius 3 is 2.33 bits per heavy atom. The van der Waals surface area contributed by atoms with Crippen molar-refractivity contribution < 1.29 is 4.74 Å². The number of hydrogen-bond donors (Lipinski definition) is 0. The summed E-state index contributed by atoms with van der Waals surface area (Å²) in [6, 6.07) is 35.2. The summed E-state index contributed by atoms with van der Waals surface area (Å²) >= 11 is 0. The lowest BCUT2D eigenvalue weighted by atomic mass is 10.0. The number of para-hydroxylation sites is 3. The van der Waals surface area contributed by atoms with Gasteiger partial charge in [0.15, 0.2) is 11.5 Å². The number of nitrogens with zero attached hydrogens (tertiary/aromatic N) is 2. The highest BCUT2D eigenvalue weighted by atomic mass is 16.5. The molecule has 1 aliphatic heterocycles. The van der Waals surface area contributed by atoms with Crippen molar-refractivity contribution in [1.82, 2.24) is 4.98 Å². The number of ether oxygens (including phenoxy) is 1. The quantitative estimate of drug-likeness (QED) is 0.308. The Morgan fingerprint density at radius 2 is 1.40 bits per heavy atom. The molecule has 0 saturated heterocycles. The molecule has 0 amide bonds. The fourth-order valence-electron chi connectivity index (χ4n) is 4.11. The van der Waals surface area contributed by atoms with Crippen molar-refractivity contribution in [3.8, 4) is 22.8 Å². The zero-order valence-electron chi connectivity index (χ0n) is 16.2. The number of benzene rings is 4. The van der Waals surface area contributed by atoms with E-state index in [1.54, 1.807) is 0 Å². The number of anilines is 3. The third-order valence-electron chi connectivity index (χ3n) is 5.49. The van der Waals surface area contributed by atoms with Crippen LogP contribution < -0.4 is 9.64 Å². The van der Waals surface area contributed by atoms with Crippen LogP contribution in [0, 0.1) is 0 Å². The highest BCUT2D eigenvalue weighted by Crippen LogP contribution is 2.51. The molecule has 0 N–H and O–H groups in total. The second-order valence-corrected chi connectivity index (χ2v) is 7.30. The summed E-state index contributed by atoms with van der Waals surface area (Å²) in [6.45, 7) is 0. The molecule has 0 spiro atoms. The molecule has 0 bridgehead atoms. The van der Waals surface area contributed by atoms with E-state index in [2.05, 4.69) is 71.6 Å². The Hall–Kier alpha value is -4.11. The standard InChI is InChI=1S/C27H18N2O/c1-2-9-21(10-3-1)29-23-12-6-7-13-25(23)30-26-15-14-20(18-24(26)29)27-22-11-5-4-8-19(22)16-17-28-27/h1-18H. The van der Waals surface area contributed by atoms with Crippen LogP contribution in [0.25, 0.3) is 22.0 Å². The maximum absolute atomic E-state index is 6.25. The van der Waals surface area contributed by atoms with Gasteiger partial charge in [0.05, 0.1) is 17.1 Å². The number of pyridine rings is 1. The van der Waals surface area contributed by atoms with Gasteiger partial charge in [0.25, 0.3) is 0 Å². The van der Waals surface area contributed by atoms with Crippen LogP contribution >= 0.6 is 0 Å². The summed E-state index contributed by atoms with van der Waals surface area (Å²) < 4.78 is 6.25. The normalized spacial score (nSPS) is 12.2. The van der Waals surface area contributed by atoms with E-state index in [4.69, 9.17) is 9.72 Å². The molecule has 30 heavy (non-hydrogen) atoms. The van der Waals surface area contributed by atoms with Crippen molar-refractivity contribution in [2.45, 2.75) is 0 Å². The van der Waals surface area contributed by atoms with Crippen LogP contribution in [0.15, 0.2) is 109 Å². The fraction of sp³-hybridized carbons (Fsp3) is 0. The molecule has 2 heterocycles. The first kappa shape index (κ1) is 16.8. The molecule has 4 aromatic carbocycles. The van der Waals surface area contributed by atoms with Crippen LogP contribution in [-0.4, -0.2) is 4.98 Å².